The molecule has 0 aliphatic carbocycles. The number of rotatable bonds is 5. The van der Waals surface area contributed by atoms with Crippen LogP contribution >= 0.6 is 0 Å². The highest BCUT2D eigenvalue weighted by atomic mass is 15.0. The van der Waals surface area contributed by atoms with Crippen LogP contribution in [0, 0.1) is 6.92 Å². The number of hydrogen-bond donors (Lipinski definition) is 0. The van der Waals surface area contributed by atoms with Gasteiger partial charge >= 0.3 is 0 Å². The Kier molecular flexibility index (Phi) is 5.41. The average molecular weight is 504 g/mol. The molecular weight excluding hydrogens is 478 g/mol. The van der Waals surface area contributed by atoms with Gasteiger partial charge in [-0.2, -0.15) is 0 Å². The molecule has 0 unspecified atom stereocenters. The quantitative estimate of drug-likeness (QED) is 0.223. The first-order valence-electron chi connectivity index (χ1n) is 12.9. The summed E-state index contributed by atoms with van der Waals surface area (Å²) in [5.74, 6) is 0. The van der Waals surface area contributed by atoms with Gasteiger partial charge in [-0.05, 0) is 78.2 Å². The van der Waals surface area contributed by atoms with Crippen molar-refractivity contribution in [1.29, 1.82) is 0 Å². The molecule has 0 atom stereocenters. The number of pyridine rings is 3. The van der Waals surface area contributed by atoms with Gasteiger partial charge in [0.05, 0.1) is 34.5 Å². The third-order valence-corrected chi connectivity index (χ3v) is 7.37. The van der Waals surface area contributed by atoms with E-state index in [-0.39, 0.29) is 0 Å². The zero-order valence-corrected chi connectivity index (χ0v) is 21.5. The summed E-state index contributed by atoms with van der Waals surface area (Å²) in [5.41, 5.74) is 11.0. The van der Waals surface area contributed by atoms with Crippen molar-refractivity contribution in [2.45, 2.75) is 6.92 Å². The Balaban J connectivity index is 1.28. The summed E-state index contributed by atoms with van der Waals surface area (Å²) >= 11 is 0. The maximum atomic E-state index is 4.63. The van der Waals surface area contributed by atoms with Gasteiger partial charge in [-0.1, -0.05) is 43.0 Å². The highest BCUT2D eigenvalue weighted by molar-refractivity contribution is 6.06. The van der Waals surface area contributed by atoms with E-state index in [0.717, 1.165) is 55.6 Å². The molecule has 7 rings (SSSR count). The molecule has 5 aromatic heterocycles. The van der Waals surface area contributed by atoms with Crippen LogP contribution in [-0.2, 0) is 0 Å². The molecule has 0 aliphatic rings. The molecule has 0 radical (unpaired) electrons. The van der Waals surface area contributed by atoms with Crippen LogP contribution < -0.4 is 0 Å². The van der Waals surface area contributed by atoms with Crippen molar-refractivity contribution >= 4 is 38.9 Å². The smallest absolute Gasteiger partial charge is 0.0964 e. The Morgan fingerprint density at radius 1 is 0.667 bits per heavy atom. The predicted octanol–water partition coefficient (Wildman–Crippen LogP) is 8.09. The second-order valence-electron chi connectivity index (χ2n) is 9.53. The number of benzene rings is 2. The van der Waals surface area contributed by atoms with Crippen molar-refractivity contribution in [3.05, 3.63) is 134 Å². The van der Waals surface area contributed by atoms with Gasteiger partial charge in [0, 0.05) is 46.4 Å². The summed E-state index contributed by atoms with van der Waals surface area (Å²) in [6.45, 7) is 6.00. The van der Waals surface area contributed by atoms with Crippen molar-refractivity contribution < 1.29 is 0 Å². The van der Waals surface area contributed by atoms with Crippen molar-refractivity contribution in [3.63, 3.8) is 0 Å². The molecule has 0 N–H and O–H groups in total. The molecule has 0 saturated carbocycles. The fourth-order valence-electron chi connectivity index (χ4n) is 5.52. The predicted molar refractivity (Wildman–Crippen MR) is 160 cm³/mol. The van der Waals surface area contributed by atoms with E-state index in [2.05, 4.69) is 104 Å². The molecule has 5 nitrogen and oxygen atoms in total. The van der Waals surface area contributed by atoms with E-state index in [9.17, 15) is 0 Å². The van der Waals surface area contributed by atoms with Crippen LogP contribution in [0.25, 0.3) is 61.4 Å². The van der Waals surface area contributed by atoms with Gasteiger partial charge in [0.25, 0.3) is 0 Å². The third kappa shape index (κ3) is 3.67. The molecule has 0 fully saturated rings. The molecule has 0 spiro atoms. The maximum absolute atomic E-state index is 4.63. The number of fused-ring (bicyclic) bond motifs is 4. The number of allylic oxidation sites excluding steroid dienone is 2. The molecule has 0 saturated heterocycles. The number of aryl methyl sites for hydroxylation is 1. The minimum absolute atomic E-state index is 0.986. The van der Waals surface area contributed by atoms with Crippen LogP contribution in [-0.4, -0.2) is 24.1 Å². The van der Waals surface area contributed by atoms with Crippen LogP contribution in [0.15, 0.2) is 123 Å². The molecule has 39 heavy (non-hydrogen) atoms. The molecule has 0 bridgehead atoms. The minimum atomic E-state index is 0.986. The standard InChI is InChI=1S/C34H25N5/c1-3-4-6-30-23(2)28-16-19-35-21-32(28)38(30)26-12-8-24(9-13-26)25-10-14-27(15-11-25)39-31-7-5-18-37-34(31)29-17-20-36-22-33(29)39/h3-22H,1H2,2H3/b6-4-. The molecule has 0 amide bonds. The molecule has 5 heterocycles. The van der Waals surface area contributed by atoms with Gasteiger partial charge in [-0.25, -0.2) is 0 Å². The molecule has 5 heteroatoms. The Morgan fingerprint density at radius 2 is 1.28 bits per heavy atom. The normalized spacial score (nSPS) is 11.7. The lowest BCUT2D eigenvalue weighted by molar-refractivity contribution is 1.09. The Morgan fingerprint density at radius 3 is 1.95 bits per heavy atom. The van der Waals surface area contributed by atoms with Gasteiger partial charge in [0.15, 0.2) is 0 Å². The maximum Gasteiger partial charge on any atom is 0.0964 e. The van der Waals surface area contributed by atoms with Crippen LogP contribution in [0.4, 0.5) is 0 Å². The molecule has 7 aromatic rings. The van der Waals surface area contributed by atoms with Crippen LogP contribution in [0.1, 0.15) is 11.3 Å². The molecular formula is C34H25N5. The second kappa shape index (κ2) is 9.23. The second-order valence-corrected chi connectivity index (χ2v) is 9.53. The van der Waals surface area contributed by atoms with E-state index >= 15 is 0 Å². The van der Waals surface area contributed by atoms with Gasteiger partial charge in [0.1, 0.15) is 0 Å². The number of hydrogen-bond acceptors (Lipinski definition) is 3. The minimum Gasteiger partial charge on any atom is -0.308 e. The van der Waals surface area contributed by atoms with E-state index in [1.807, 2.05) is 49.2 Å². The van der Waals surface area contributed by atoms with Crippen molar-refractivity contribution in [2.24, 2.45) is 0 Å². The Hall–Kier alpha value is -5.29. The van der Waals surface area contributed by atoms with Crippen LogP contribution in [0.5, 0.6) is 0 Å². The summed E-state index contributed by atoms with van der Waals surface area (Å²) in [7, 11) is 0. The number of nitrogens with zero attached hydrogens (tertiary/aromatic N) is 5. The summed E-state index contributed by atoms with van der Waals surface area (Å²) in [4.78, 5) is 13.4. The average Bonchev–Trinajstić information content (AvgIpc) is 3.48. The summed E-state index contributed by atoms with van der Waals surface area (Å²) in [6.07, 6.45) is 15.2. The van der Waals surface area contributed by atoms with E-state index in [4.69, 9.17) is 0 Å². The first-order valence-corrected chi connectivity index (χ1v) is 12.9. The SMILES string of the molecule is C=C/C=C\c1c(C)c2ccncc2n1-c1ccc(-c2ccc(-n3c4cnccc4c4ncccc43)cc2)cc1. The van der Waals surface area contributed by atoms with Crippen molar-refractivity contribution in [3.8, 4) is 22.5 Å². The zero-order valence-electron chi connectivity index (χ0n) is 21.5. The monoisotopic (exact) mass is 503 g/mol. The molecule has 2 aromatic carbocycles. The van der Waals surface area contributed by atoms with Crippen LogP contribution in [0.2, 0.25) is 0 Å². The van der Waals surface area contributed by atoms with E-state index in [1.54, 1.807) is 6.08 Å². The van der Waals surface area contributed by atoms with Gasteiger partial charge in [-0.15, -0.1) is 0 Å². The van der Waals surface area contributed by atoms with E-state index in [1.165, 1.54) is 10.9 Å². The highest BCUT2D eigenvalue weighted by Gasteiger charge is 2.15. The summed E-state index contributed by atoms with van der Waals surface area (Å²) in [5, 5.41) is 2.30. The summed E-state index contributed by atoms with van der Waals surface area (Å²) in [6, 6.07) is 25.6. The molecule has 0 aliphatic heterocycles. The van der Waals surface area contributed by atoms with Crippen molar-refractivity contribution in [2.75, 3.05) is 0 Å². The highest BCUT2D eigenvalue weighted by Crippen LogP contribution is 2.33. The topological polar surface area (TPSA) is 48.5 Å². The van der Waals surface area contributed by atoms with Crippen LogP contribution in [0.3, 0.4) is 0 Å². The van der Waals surface area contributed by atoms with Gasteiger partial charge < -0.3 is 9.13 Å². The first kappa shape index (κ1) is 22.9. The molecule has 186 valence electrons. The summed E-state index contributed by atoms with van der Waals surface area (Å²) < 4.78 is 4.48. The third-order valence-electron chi connectivity index (χ3n) is 7.37. The fraction of sp³-hybridized carbons (Fsp3) is 0.0294. The van der Waals surface area contributed by atoms with Crippen molar-refractivity contribution in [1.82, 2.24) is 24.1 Å². The van der Waals surface area contributed by atoms with E-state index < -0.39 is 0 Å². The zero-order chi connectivity index (χ0) is 26.3. The Labute approximate surface area is 226 Å². The lowest BCUT2D eigenvalue weighted by atomic mass is 10.0. The lowest BCUT2D eigenvalue weighted by Crippen LogP contribution is -1.97. The van der Waals surface area contributed by atoms with E-state index in [0.29, 0.717) is 0 Å². The van der Waals surface area contributed by atoms with Gasteiger partial charge in [0.2, 0.25) is 0 Å². The largest absolute Gasteiger partial charge is 0.308 e. The number of aromatic nitrogens is 5. The van der Waals surface area contributed by atoms with Gasteiger partial charge in [-0.3, -0.25) is 15.0 Å². The lowest BCUT2D eigenvalue weighted by Gasteiger charge is -2.11. The fourth-order valence-corrected chi connectivity index (χ4v) is 5.52. The first-order chi connectivity index (χ1) is 19.2. The Bertz CT molecular complexity index is 1970.